The molecular formula is C13H12BrN2NaO2. The van der Waals surface area contributed by atoms with Gasteiger partial charge in [0.15, 0.2) is 0 Å². The van der Waals surface area contributed by atoms with E-state index in [1.165, 1.54) is 12.1 Å². The molecule has 0 aliphatic heterocycles. The topological polar surface area (TPSA) is 46.4 Å². The van der Waals surface area contributed by atoms with Gasteiger partial charge in [0.05, 0.1) is 4.92 Å². The van der Waals surface area contributed by atoms with Crippen LogP contribution < -0.4 is 34.5 Å². The van der Waals surface area contributed by atoms with Gasteiger partial charge in [-0.2, -0.15) is 0 Å². The number of anilines is 2. The summed E-state index contributed by atoms with van der Waals surface area (Å²) in [6, 6.07) is 14.3. The van der Waals surface area contributed by atoms with Gasteiger partial charge >= 0.3 is 29.6 Å². The fourth-order valence-electron chi connectivity index (χ4n) is 1.61. The first-order valence-electron chi connectivity index (χ1n) is 5.31. The van der Waals surface area contributed by atoms with E-state index in [4.69, 9.17) is 0 Å². The van der Waals surface area contributed by atoms with Crippen molar-refractivity contribution >= 4 is 33.0 Å². The van der Waals surface area contributed by atoms with E-state index in [9.17, 15) is 10.1 Å². The van der Waals surface area contributed by atoms with Gasteiger partial charge in [-0.3, -0.25) is 10.1 Å². The number of nitro groups is 1. The Morgan fingerprint density at radius 1 is 1.05 bits per heavy atom. The number of rotatable bonds is 3. The molecule has 2 rings (SSSR count). The summed E-state index contributed by atoms with van der Waals surface area (Å²) in [5, 5.41) is 10.6. The van der Waals surface area contributed by atoms with Crippen LogP contribution in [0.5, 0.6) is 0 Å². The maximum Gasteiger partial charge on any atom is 1.00 e. The molecule has 0 fully saturated rings. The predicted octanol–water partition coefficient (Wildman–Crippen LogP) is 1.24. The summed E-state index contributed by atoms with van der Waals surface area (Å²) in [4.78, 5) is 12.1. The van der Waals surface area contributed by atoms with Crippen molar-refractivity contribution in [2.75, 3.05) is 11.9 Å². The van der Waals surface area contributed by atoms with Gasteiger partial charge in [0, 0.05) is 35.0 Å². The van der Waals surface area contributed by atoms with Crippen molar-refractivity contribution in [2.45, 2.75) is 0 Å². The average Bonchev–Trinajstić information content (AvgIpc) is 2.39. The first-order chi connectivity index (χ1) is 8.58. The van der Waals surface area contributed by atoms with Gasteiger partial charge < -0.3 is 6.33 Å². The second-order valence-corrected chi connectivity index (χ2v) is 4.72. The molecule has 0 atom stereocenters. The molecule has 0 saturated heterocycles. The van der Waals surface area contributed by atoms with Crippen LogP contribution in [0, 0.1) is 10.1 Å². The van der Waals surface area contributed by atoms with Crippen LogP contribution in [0.15, 0.2) is 53.0 Å². The predicted molar refractivity (Wildman–Crippen MR) is 76.4 cm³/mol. The van der Waals surface area contributed by atoms with Crippen LogP contribution in [-0.2, 0) is 0 Å². The van der Waals surface area contributed by atoms with Crippen molar-refractivity contribution in [1.82, 2.24) is 0 Å². The number of benzene rings is 2. The number of nitro benzene ring substituents is 1. The third-order valence-electron chi connectivity index (χ3n) is 2.66. The van der Waals surface area contributed by atoms with E-state index in [2.05, 4.69) is 15.9 Å². The fraction of sp³-hybridized carbons (Fsp3) is 0.0769. The Morgan fingerprint density at radius 3 is 1.89 bits per heavy atom. The van der Waals surface area contributed by atoms with Gasteiger partial charge in [0.25, 0.3) is 5.69 Å². The second kappa shape index (κ2) is 7.05. The van der Waals surface area contributed by atoms with Crippen LogP contribution in [0.3, 0.4) is 0 Å². The maximum absolute atomic E-state index is 10.6. The Balaban J connectivity index is 0.00000180. The Morgan fingerprint density at radius 2 is 1.47 bits per heavy atom. The quantitative estimate of drug-likeness (QED) is 0.483. The molecule has 0 radical (unpaired) electrons. The second-order valence-electron chi connectivity index (χ2n) is 3.81. The minimum Gasteiger partial charge on any atom is -1.00 e. The molecular weight excluding hydrogens is 319 g/mol. The van der Waals surface area contributed by atoms with Crippen LogP contribution in [0.25, 0.3) is 0 Å². The van der Waals surface area contributed by atoms with Crippen LogP contribution >= 0.6 is 15.9 Å². The maximum atomic E-state index is 10.6. The molecule has 0 saturated carbocycles. The van der Waals surface area contributed by atoms with Crippen LogP contribution in [0.4, 0.5) is 17.1 Å². The molecule has 0 unspecified atom stereocenters. The average molecular weight is 331 g/mol. The summed E-state index contributed by atoms with van der Waals surface area (Å²) in [6.45, 7) is 0. The van der Waals surface area contributed by atoms with Gasteiger partial charge in [0.1, 0.15) is 0 Å². The third kappa shape index (κ3) is 4.04. The van der Waals surface area contributed by atoms with Crippen molar-refractivity contribution in [2.24, 2.45) is 0 Å². The molecule has 0 N–H and O–H groups in total. The van der Waals surface area contributed by atoms with Gasteiger partial charge in [-0.05, 0) is 36.4 Å². The normalized spacial score (nSPS) is 9.58. The van der Waals surface area contributed by atoms with Gasteiger partial charge in [-0.15, -0.1) is 0 Å². The zero-order valence-corrected chi connectivity index (χ0v) is 14.3. The van der Waals surface area contributed by atoms with Crippen molar-refractivity contribution in [3.63, 3.8) is 0 Å². The molecule has 0 spiro atoms. The van der Waals surface area contributed by atoms with Gasteiger partial charge in [-0.25, -0.2) is 0 Å². The molecule has 19 heavy (non-hydrogen) atoms. The number of nitrogens with zero attached hydrogens (tertiary/aromatic N) is 2. The molecule has 94 valence electrons. The van der Waals surface area contributed by atoms with E-state index in [1.807, 2.05) is 36.2 Å². The van der Waals surface area contributed by atoms with Crippen molar-refractivity contribution < 1.29 is 35.9 Å². The zero-order valence-electron chi connectivity index (χ0n) is 11.7. The van der Waals surface area contributed by atoms with Crippen molar-refractivity contribution in [1.29, 1.82) is 0 Å². The van der Waals surface area contributed by atoms with Crippen molar-refractivity contribution in [3.05, 3.63) is 63.1 Å². The molecule has 0 heterocycles. The standard InChI is InChI=1S/C13H11BrN2O2.Na.H/c1-15(11-4-2-10(14)3-5-11)12-6-8-13(9-7-12)16(17)18;;/h2-9H,1H3;;/q;+1;-1. The Kier molecular flexibility index (Phi) is 6.00. The number of hydrogen-bond donors (Lipinski definition) is 0. The molecule has 0 bridgehead atoms. The Bertz CT molecular complexity index is 564. The molecule has 0 aliphatic carbocycles. The molecule has 6 heteroatoms. The summed E-state index contributed by atoms with van der Waals surface area (Å²) in [6.07, 6.45) is 0. The summed E-state index contributed by atoms with van der Waals surface area (Å²) in [7, 11) is 1.92. The molecule has 2 aromatic carbocycles. The third-order valence-corrected chi connectivity index (χ3v) is 3.19. The van der Waals surface area contributed by atoms with E-state index in [0.717, 1.165) is 15.8 Å². The number of hydrogen-bond acceptors (Lipinski definition) is 3. The smallest absolute Gasteiger partial charge is 1.00 e. The molecule has 0 aromatic heterocycles. The first kappa shape index (κ1) is 16.2. The van der Waals surface area contributed by atoms with Crippen molar-refractivity contribution in [3.8, 4) is 0 Å². The van der Waals surface area contributed by atoms with Gasteiger partial charge in [0.2, 0.25) is 0 Å². The Labute approximate surface area is 143 Å². The summed E-state index contributed by atoms with van der Waals surface area (Å²) < 4.78 is 1.02. The Hall–Kier alpha value is -0.880. The van der Waals surface area contributed by atoms with Crippen LogP contribution in [0.1, 0.15) is 1.43 Å². The summed E-state index contributed by atoms with van der Waals surface area (Å²) in [5.74, 6) is 0. The first-order valence-corrected chi connectivity index (χ1v) is 6.11. The molecule has 4 nitrogen and oxygen atoms in total. The minimum atomic E-state index is -0.399. The summed E-state index contributed by atoms with van der Waals surface area (Å²) in [5.41, 5.74) is 2.03. The zero-order chi connectivity index (χ0) is 13.1. The monoisotopic (exact) mass is 330 g/mol. The molecule has 0 aliphatic rings. The largest absolute Gasteiger partial charge is 1.00 e. The molecule has 0 amide bonds. The van der Waals surface area contributed by atoms with E-state index in [0.29, 0.717) is 0 Å². The fourth-order valence-corrected chi connectivity index (χ4v) is 1.88. The van der Waals surface area contributed by atoms with E-state index < -0.39 is 4.92 Å². The van der Waals surface area contributed by atoms with Crippen LogP contribution in [0.2, 0.25) is 0 Å². The summed E-state index contributed by atoms with van der Waals surface area (Å²) >= 11 is 3.38. The SMILES string of the molecule is CN(c1ccc(Br)cc1)c1ccc([N+](=O)[O-])cc1.[H-].[Na+]. The van der Waals surface area contributed by atoms with Gasteiger partial charge in [-0.1, -0.05) is 15.9 Å². The van der Waals surface area contributed by atoms with Crippen LogP contribution in [-0.4, -0.2) is 12.0 Å². The van der Waals surface area contributed by atoms with E-state index in [-0.39, 0.29) is 36.7 Å². The number of non-ortho nitro benzene ring substituents is 1. The number of halogens is 1. The van der Waals surface area contributed by atoms with E-state index in [1.54, 1.807) is 12.1 Å². The van der Waals surface area contributed by atoms with E-state index >= 15 is 0 Å². The minimum absolute atomic E-state index is 0. The molecule has 2 aromatic rings.